The third-order valence-electron chi connectivity index (χ3n) is 4.39. The molecule has 6 heteroatoms. The first-order valence-electron chi connectivity index (χ1n) is 7.53. The van der Waals surface area contributed by atoms with E-state index in [0.29, 0.717) is 31.8 Å². The molecule has 0 aliphatic carbocycles. The van der Waals surface area contributed by atoms with Crippen LogP contribution >= 0.6 is 0 Å². The molecule has 0 bridgehead atoms. The standard InChI is InChI=1S/C17H24O6/c1-19-14-6-5-12(11-13(14)15(20-2)21-3)17(16(18)22-4)7-9-23-10-8-17/h5-6,11,15H,7-10H2,1-4H3. The molecule has 1 fully saturated rings. The molecule has 0 atom stereocenters. The van der Waals surface area contributed by atoms with Gasteiger partial charge in [0.1, 0.15) is 5.75 Å². The van der Waals surface area contributed by atoms with Crippen molar-refractivity contribution < 1.29 is 28.5 Å². The van der Waals surface area contributed by atoms with Crippen LogP contribution in [0.3, 0.4) is 0 Å². The Morgan fingerprint density at radius 3 is 2.30 bits per heavy atom. The summed E-state index contributed by atoms with van der Waals surface area (Å²) in [5.74, 6) is 0.401. The molecule has 1 heterocycles. The lowest BCUT2D eigenvalue weighted by Crippen LogP contribution is -2.42. The summed E-state index contributed by atoms with van der Waals surface area (Å²) in [4.78, 5) is 12.5. The molecule has 23 heavy (non-hydrogen) atoms. The van der Waals surface area contributed by atoms with Crippen molar-refractivity contribution in [2.45, 2.75) is 24.5 Å². The second kappa shape index (κ2) is 7.77. The molecule has 0 amide bonds. The average Bonchev–Trinajstić information content (AvgIpc) is 2.62. The number of benzene rings is 1. The third kappa shape index (κ3) is 3.34. The second-order valence-electron chi connectivity index (χ2n) is 5.45. The number of esters is 1. The molecule has 1 aliphatic rings. The maximum Gasteiger partial charge on any atom is 0.316 e. The summed E-state index contributed by atoms with van der Waals surface area (Å²) in [6.45, 7) is 1.04. The Labute approximate surface area is 136 Å². The molecule has 6 nitrogen and oxygen atoms in total. The van der Waals surface area contributed by atoms with Crippen molar-refractivity contribution in [2.24, 2.45) is 0 Å². The monoisotopic (exact) mass is 324 g/mol. The molecule has 0 spiro atoms. The van der Waals surface area contributed by atoms with E-state index in [1.165, 1.54) is 7.11 Å². The fourth-order valence-corrected chi connectivity index (χ4v) is 3.09. The number of ether oxygens (including phenoxy) is 5. The molecule has 128 valence electrons. The topological polar surface area (TPSA) is 63.2 Å². The predicted molar refractivity (Wildman–Crippen MR) is 83.5 cm³/mol. The van der Waals surface area contributed by atoms with Crippen molar-refractivity contribution >= 4 is 5.97 Å². The molecule has 0 saturated carbocycles. The lowest BCUT2D eigenvalue weighted by atomic mass is 9.73. The fraction of sp³-hybridized carbons (Fsp3) is 0.588. The van der Waals surface area contributed by atoms with Gasteiger partial charge in [0.05, 0.1) is 19.6 Å². The molecule has 0 aromatic heterocycles. The summed E-state index contributed by atoms with van der Waals surface area (Å²) in [5.41, 5.74) is 0.896. The van der Waals surface area contributed by atoms with Crippen molar-refractivity contribution in [1.29, 1.82) is 0 Å². The van der Waals surface area contributed by atoms with Crippen LogP contribution in [0.4, 0.5) is 0 Å². The minimum Gasteiger partial charge on any atom is -0.496 e. The van der Waals surface area contributed by atoms with E-state index in [1.54, 1.807) is 21.3 Å². The molecular weight excluding hydrogens is 300 g/mol. The van der Waals surface area contributed by atoms with E-state index < -0.39 is 11.7 Å². The smallest absolute Gasteiger partial charge is 0.316 e. The summed E-state index contributed by atoms with van der Waals surface area (Å²) >= 11 is 0. The zero-order chi connectivity index (χ0) is 16.9. The van der Waals surface area contributed by atoms with E-state index in [9.17, 15) is 4.79 Å². The molecule has 1 aliphatic heterocycles. The lowest BCUT2D eigenvalue weighted by Gasteiger charge is -2.35. The molecule has 1 aromatic rings. The number of methoxy groups -OCH3 is 4. The first kappa shape index (κ1) is 17.7. The van der Waals surface area contributed by atoms with Crippen LogP contribution in [0.15, 0.2) is 18.2 Å². The number of carbonyl (C=O) groups is 1. The molecule has 0 unspecified atom stereocenters. The van der Waals surface area contributed by atoms with Crippen molar-refractivity contribution in [3.05, 3.63) is 29.3 Å². The van der Waals surface area contributed by atoms with E-state index in [2.05, 4.69) is 0 Å². The number of carbonyl (C=O) groups excluding carboxylic acids is 1. The van der Waals surface area contributed by atoms with Gasteiger partial charge in [0.25, 0.3) is 0 Å². The first-order chi connectivity index (χ1) is 11.1. The number of rotatable bonds is 6. The second-order valence-corrected chi connectivity index (χ2v) is 5.45. The van der Waals surface area contributed by atoms with Gasteiger partial charge in [-0.3, -0.25) is 4.79 Å². The van der Waals surface area contributed by atoms with Crippen LogP contribution in [0, 0.1) is 0 Å². The highest BCUT2D eigenvalue weighted by molar-refractivity contribution is 5.83. The van der Waals surface area contributed by atoms with Gasteiger partial charge in [-0.25, -0.2) is 0 Å². The van der Waals surface area contributed by atoms with E-state index in [1.807, 2.05) is 18.2 Å². The van der Waals surface area contributed by atoms with Gasteiger partial charge in [-0.15, -0.1) is 0 Å². The number of hydrogen-bond donors (Lipinski definition) is 0. The summed E-state index contributed by atoms with van der Waals surface area (Å²) in [7, 11) is 6.12. The third-order valence-corrected chi connectivity index (χ3v) is 4.39. The normalized spacial score (nSPS) is 17.1. The summed E-state index contributed by atoms with van der Waals surface area (Å²) in [6.07, 6.45) is 0.589. The summed E-state index contributed by atoms with van der Waals surface area (Å²) < 4.78 is 26.6. The van der Waals surface area contributed by atoms with E-state index in [-0.39, 0.29) is 5.97 Å². The predicted octanol–water partition coefficient (Wildman–Crippen LogP) is 2.21. The van der Waals surface area contributed by atoms with Gasteiger partial charge in [0.15, 0.2) is 6.29 Å². The molecule has 1 saturated heterocycles. The highest BCUT2D eigenvalue weighted by atomic mass is 16.7. The summed E-state index contributed by atoms with van der Waals surface area (Å²) in [6, 6.07) is 5.63. The van der Waals surface area contributed by atoms with Crippen LogP contribution in [0.2, 0.25) is 0 Å². The summed E-state index contributed by atoms with van der Waals surface area (Å²) in [5, 5.41) is 0. The Balaban J connectivity index is 2.51. The SMILES string of the molecule is COC(=O)C1(c2ccc(OC)c(C(OC)OC)c2)CCOCC1. The molecule has 0 N–H and O–H groups in total. The lowest BCUT2D eigenvalue weighted by molar-refractivity contribution is -0.151. The van der Waals surface area contributed by atoms with Gasteiger partial charge in [-0.05, 0) is 30.5 Å². The zero-order valence-corrected chi connectivity index (χ0v) is 14.1. The Hall–Kier alpha value is -1.63. The van der Waals surface area contributed by atoms with E-state index in [4.69, 9.17) is 23.7 Å². The Kier molecular flexibility index (Phi) is 5.98. The minimum absolute atomic E-state index is 0.247. The van der Waals surface area contributed by atoms with E-state index in [0.717, 1.165) is 11.1 Å². The van der Waals surface area contributed by atoms with Gasteiger partial charge in [-0.2, -0.15) is 0 Å². The average molecular weight is 324 g/mol. The molecule has 2 rings (SSSR count). The quantitative estimate of drug-likeness (QED) is 0.590. The fourth-order valence-electron chi connectivity index (χ4n) is 3.09. The maximum absolute atomic E-state index is 12.5. The Morgan fingerprint density at radius 2 is 1.78 bits per heavy atom. The maximum atomic E-state index is 12.5. The van der Waals surface area contributed by atoms with Crippen molar-refractivity contribution in [2.75, 3.05) is 41.7 Å². The number of hydrogen-bond acceptors (Lipinski definition) is 6. The zero-order valence-electron chi connectivity index (χ0n) is 14.1. The van der Waals surface area contributed by atoms with Crippen LogP contribution in [-0.4, -0.2) is 47.6 Å². The highest BCUT2D eigenvalue weighted by Gasteiger charge is 2.43. The van der Waals surface area contributed by atoms with Crippen LogP contribution in [0.25, 0.3) is 0 Å². The van der Waals surface area contributed by atoms with Gasteiger partial charge < -0.3 is 23.7 Å². The minimum atomic E-state index is -0.708. The van der Waals surface area contributed by atoms with Crippen molar-refractivity contribution in [1.82, 2.24) is 0 Å². The van der Waals surface area contributed by atoms with Gasteiger partial charge >= 0.3 is 5.97 Å². The van der Waals surface area contributed by atoms with Gasteiger partial charge in [0, 0.05) is 33.0 Å². The van der Waals surface area contributed by atoms with Gasteiger partial charge in [0.2, 0.25) is 0 Å². The Bertz CT molecular complexity index is 532. The largest absolute Gasteiger partial charge is 0.496 e. The Morgan fingerprint density at radius 1 is 1.13 bits per heavy atom. The van der Waals surface area contributed by atoms with Crippen LogP contribution in [0.1, 0.15) is 30.3 Å². The molecule has 1 aromatic carbocycles. The van der Waals surface area contributed by atoms with Crippen molar-refractivity contribution in [3.8, 4) is 5.75 Å². The van der Waals surface area contributed by atoms with Crippen molar-refractivity contribution in [3.63, 3.8) is 0 Å². The first-order valence-corrected chi connectivity index (χ1v) is 7.53. The van der Waals surface area contributed by atoms with Crippen LogP contribution < -0.4 is 4.74 Å². The molecular formula is C17H24O6. The van der Waals surface area contributed by atoms with Gasteiger partial charge in [-0.1, -0.05) is 6.07 Å². The highest BCUT2D eigenvalue weighted by Crippen LogP contribution is 2.39. The van der Waals surface area contributed by atoms with Crippen LogP contribution in [-0.2, 0) is 29.2 Å². The molecule has 0 radical (unpaired) electrons. The van der Waals surface area contributed by atoms with Crippen LogP contribution in [0.5, 0.6) is 5.75 Å². The van der Waals surface area contributed by atoms with E-state index >= 15 is 0 Å².